The smallest absolute Gasteiger partial charge is 0.224 e. The van der Waals surface area contributed by atoms with Crippen LogP contribution in [0.2, 0.25) is 0 Å². The topological polar surface area (TPSA) is 55.6 Å². The van der Waals surface area contributed by atoms with Crippen molar-refractivity contribution in [1.82, 2.24) is 4.90 Å². The lowest BCUT2D eigenvalue weighted by molar-refractivity contribution is -0.130. The molecule has 1 aliphatic heterocycles. The number of amides is 1. The third-order valence-electron chi connectivity index (χ3n) is 1.95. The van der Waals surface area contributed by atoms with E-state index in [4.69, 9.17) is 10.5 Å². The van der Waals surface area contributed by atoms with Crippen molar-refractivity contribution in [1.29, 1.82) is 0 Å². The van der Waals surface area contributed by atoms with E-state index in [1.807, 2.05) is 4.90 Å². The van der Waals surface area contributed by atoms with Crippen LogP contribution in [0.1, 0.15) is 12.8 Å². The summed E-state index contributed by atoms with van der Waals surface area (Å²) in [6, 6.07) is 0. The monoisotopic (exact) mass is 208 g/mol. The molecule has 1 amide bonds. The summed E-state index contributed by atoms with van der Waals surface area (Å²) in [6.07, 6.45) is 1.40. The molecule has 1 saturated heterocycles. The van der Waals surface area contributed by atoms with E-state index in [0.717, 1.165) is 19.5 Å². The summed E-state index contributed by atoms with van der Waals surface area (Å²) in [4.78, 5) is 13.2. The lowest BCUT2D eigenvalue weighted by atomic mass is 10.3. The van der Waals surface area contributed by atoms with Gasteiger partial charge in [0.25, 0.3) is 0 Å². The zero-order valence-corrected chi connectivity index (χ0v) is 8.52. The fraction of sp³-hybridized carbons (Fsp3) is 0.875. The second kappa shape index (κ2) is 7.12. The average Bonchev–Trinajstić information content (AvgIpc) is 2.27. The summed E-state index contributed by atoms with van der Waals surface area (Å²) in [5.74, 6) is 0.195. The number of ether oxygens (including phenoxy) is 1. The second-order valence-electron chi connectivity index (χ2n) is 2.89. The van der Waals surface area contributed by atoms with Gasteiger partial charge < -0.3 is 15.4 Å². The first-order chi connectivity index (χ1) is 5.84. The molecule has 4 nitrogen and oxygen atoms in total. The average molecular weight is 209 g/mol. The molecule has 0 unspecified atom stereocenters. The van der Waals surface area contributed by atoms with Gasteiger partial charge in [-0.15, -0.1) is 12.4 Å². The number of rotatable bonds is 3. The van der Waals surface area contributed by atoms with Crippen molar-refractivity contribution in [3.05, 3.63) is 0 Å². The van der Waals surface area contributed by atoms with Gasteiger partial charge in [0.2, 0.25) is 5.91 Å². The summed E-state index contributed by atoms with van der Waals surface area (Å²) in [7, 11) is 0. The number of nitrogens with two attached hydrogens (primary N) is 1. The summed E-state index contributed by atoms with van der Waals surface area (Å²) in [5, 5.41) is 0. The first-order valence-electron chi connectivity index (χ1n) is 4.40. The van der Waals surface area contributed by atoms with Crippen LogP contribution in [0, 0.1) is 0 Å². The van der Waals surface area contributed by atoms with Crippen molar-refractivity contribution in [2.75, 3.05) is 32.8 Å². The molecule has 2 N–H and O–H groups in total. The van der Waals surface area contributed by atoms with Crippen LogP contribution in [0.15, 0.2) is 0 Å². The second-order valence-corrected chi connectivity index (χ2v) is 2.89. The van der Waals surface area contributed by atoms with Gasteiger partial charge in [-0.25, -0.2) is 0 Å². The Morgan fingerprint density at radius 3 is 2.92 bits per heavy atom. The Hall–Kier alpha value is -0.320. The lowest BCUT2D eigenvalue weighted by Crippen LogP contribution is -2.33. The molecule has 0 aromatic rings. The maximum Gasteiger partial charge on any atom is 0.224 e. The van der Waals surface area contributed by atoms with Crippen molar-refractivity contribution >= 4 is 18.3 Å². The molecule has 1 fully saturated rings. The van der Waals surface area contributed by atoms with Crippen LogP contribution in [0.4, 0.5) is 0 Å². The SMILES string of the molecule is Cl.NCCCN1CCOCCC1=O. The molecule has 1 heterocycles. The van der Waals surface area contributed by atoms with E-state index >= 15 is 0 Å². The number of carbonyl (C=O) groups excluding carboxylic acids is 1. The Balaban J connectivity index is 0.00000144. The Bertz CT molecular complexity index is 155. The quantitative estimate of drug-likeness (QED) is 0.711. The van der Waals surface area contributed by atoms with E-state index in [9.17, 15) is 4.79 Å². The van der Waals surface area contributed by atoms with Crippen molar-refractivity contribution < 1.29 is 9.53 Å². The minimum absolute atomic E-state index is 0. The first-order valence-corrected chi connectivity index (χ1v) is 4.40. The Labute approximate surface area is 84.8 Å². The Morgan fingerprint density at radius 2 is 2.23 bits per heavy atom. The summed E-state index contributed by atoms with van der Waals surface area (Å²) >= 11 is 0. The van der Waals surface area contributed by atoms with E-state index in [1.165, 1.54) is 0 Å². The van der Waals surface area contributed by atoms with E-state index in [2.05, 4.69) is 0 Å². The van der Waals surface area contributed by atoms with E-state index in [-0.39, 0.29) is 18.3 Å². The highest BCUT2D eigenvalue weighted by Crippen LogP contribution is 2.01. The minimum Gasteiger partial charge on any atom is -0.379 e. The van der Waals surface area contributed by atoms with E-state index in [1.54, 1.807) is 0 Å². The molecule has 5 heteroatoms. The maximum absolute atomic E-state index is 11.3. The van der Waals surface area contributed by atoms with Gasteiger partial charge in [0, 0.05) is 13.1 Å². The van der Waals surface area contributed by atoms with Crippen LogP contribution in [-0.2, 0) is 9.53 Å². The molecule has 0 aromatic heterocycles. The normalized spacial score (nSPS) is 17.9. The largest absolute Gasteiger partial charge is 0.379 e. The molecule has 0 aliphatic carbocycles. The molecule has 13 heavy (non-hydrogen) atoms. The number of carbonyl (C=O) groups is 1. The molecule has 0 bridgehead atoms. The molecule has 0 aromatic carbocycles. The van der Waals surface area contributed by atoms with Gasteiger partial charge in [0.15, 0.2) is 0 Å². The summed E-state index contributed by atoms with van der Waals surface area (Å²) in [5.41, 5.74) is 5.36. The molecule has 0 atom stereocenters. The molecule has 1 aliphatic rings. The van der Waals surface area contributed by atoms with Gasteiger partial charge in [0.1, 0.15) is 0 Å². The van der Waals surface area contributed by atoms with Crippen LogP contribution >= 0.6 is 12.4 Å². The fourth-order valence-electron chi connectivity index (χ4n) is 1.24. The minimum atomic E-state index is 0. The van der Waals surface area contributed by atoms with Crippen LogP contribution in [-0.4, -0.2) is 43.7 Å². The van der Waals surface area contributed by atoms with Crippen molar-refractivity contribution in [3.8, 4) is 0 Å². The number of nitrogens with zero attached hydrogens (tertiary/aromatic N) is 1. The highest BCUT2D eigenvalue weighted by atomic mass is 35.5. The van der Waals surface area contributed by atoms with Crippen LogP contribution < -0.4 is 5.73 Å². The third kappa shape index (κ3) is 4.45. The predicted octanol–water partition coefficient (Wildman–Crippen LogP) is 0.00590. The third-order valence-corrected chi connectivity index (χ3v) is 1.95. The van der Waals surface area contributed by atoms with Crippen LogP contribution in [0.5, 0.6) is 0 Å². The lowest BCUT2D eigenvalue weighted by Gasteiger charge is -2.18. The molecular formula is C8H17ClN2O2. The first kappa shape index (κ1) is 12.7. The zero-order valence-electron chi connectivity index (χ0n) is 7.70. The summed E-state index contributed by atoms with van der Waals surface area (Å²) in [6.45, 7) is 3.37. The predicted molar refractivity (Wildman–Crippen MR) is 52.9 cm³/mol. The van der Waals surface area contributed by atoms with Crippen molar-refractivity contribution in [2.45, 2.75) is 12.8 Å². The molecule has 0 radical (unpaired) electrons. The van der Waals surface area contributed by atoms with Crippen molar-refractivity contribution in [3.63, 3.8) is 0 Å². The fourth-order valence-corrected chi connectivity index (χ4v) is 1.24. The molecule has 0 spiro atoms. The van der Waals surface area contributed by atoms with Gasteiger partial charge in [-0.3, -0.25) is 4.79 Å². The highest BCUT2D eigenvalue weighted by Gasteiger charge is 2.15. The molecule has 78 valence electrons. The number of halogens is 1. The standard InChI is InChI=1S/C8H16N2O2.ClH/c9-3-1-4-10-5-7-12-6-2-8(10)11;/h1-7,9H2;1H. The van der Waals surface area contributed by atoms with Crippen molar-refractivity contribution in [2.24, 2.45) is 5.73 Å². The molecular weight excluding hydrogens is 192 g/mol. The number of hydrogen-bond acceptors (Lipinski definition) is 3. The van der Waals surface area contributed by atoms with E-state index in [0.29, 0.717) is 26.2 Å². The molecule has 1 rings (SSSR count). The Morgan fingerprint density at radius 1 is 1.46 bits per heavy atom. The van der Waals surface area contributed by atoms with Gasteiger partial charge in [0.05, 0.1) is 19.6 Å². The van der Waals surface area contributed by atoms with Gasteiger partial charge >= 0.3 is 0 Å². The van der Waals surface area contributed by atoms with Crippen LogP contribution in [0.3, 0.4) is 0 Å². The van der Waals surface area contributed by atoms with Gasteiger partial charge in [-0.2, -0.15) is 0 Å². The Kier molecular flexibility index (Phi) is 6.94. The van der Waals surface area contributed by atoms with E-state index < -0.39 is 0 Å². The van der Waals surface area contributed by atoms with Gasteiger partial charge in [-0.1, -0.05) is 0 Å². The number of hydrogen-bond donors (Lipinski definition) is 1. The maximum atomic E-state index is 11.3. The van der Waals surface area contributed by atoms with Crippen LogP contribution in [0.25, 0.3) is 0 Å². The highest BCUT2D eigenvalue weighted by molar-refractivity contribution is 5.85. The van der Waals surface area contributed by atoms with Gasteiger partial charge in [-0.05, 0) is 13.0 Å². The summed E-state index contributed by atoms with van der Waals surface area (Å²) < 4.78 is 5.18. The molecule has 0 saturated carbocycles. The zero-order chi connectivity index (χ0) is 8.81.